The summed E-state index contributed by atoms with van der Waals surface area (Å²) in [5.74, 6) is 1.36. The third-order valence-corrected chi connectivity index (χ3v) is 6.41. The average molecular weight is 560 g/mol. The van der Waals surface area contributed by atoms with Gasteiger partial charge in [-0.25, -0.2) is 4.68 Å². The predicted octanol–water partition coefficient (Wildman–Crippen LogP) is 8.76. The molecular weight excluding hydrogens is 535 g/mol. The Morgan fingerprint density at radius 2 is 1.74 bits per heavy atom. The van der Waals surface area contributed by atoms with E-state index >= 15 is 0 Å². The van der Waals surface area contributed by atoms with Gasteiger partial charge in [-0.2, -0.15) is 0 Å². The summed E-state index contributed by atoms with van der Waals surface area (Å²) in [6.45, 7) is 3.24. The molecule has 34 heavy (non-hydrogen) atoms. The highest BCUT2D eigenvalue weighted by Crippen LogP contribution is 2.31. The number of rotatable bonds is 10. The summed E-state index contributed by atoms with van der Waals surface area (Å²) in [5, 5.41) is 5.94. The molecule has 0 aliphatic rings. The Balaban J connectivity index is 1.47. The first-order valence-corrected chi connectivity index (χ1v) is 12.7. The Hall–Kier alpha value is -2.47. The smallest absolute Gasteiger partial charge is 0.233 e. The molecule has 0 aliphatic carbocycles. The van der Waals surface area contributed by atoms with Gasteiger partial charge in [0.15, 0.2) is 0 Å². The maximum absolute atomic E-state index is 6.46. The monoisotopic (exact) mass is 558 g/mol. The molecule has 4 nitrogen and oxygen atoms in total. The molecular formula is C27H25BrCl2N2O2. The minimum atomic E-state index is 0.357. The van der Waals surface area contributed by atoms with E-state index < -0.39 is 0 Å². The molecule has 3 aromatic carbocycles. The lowest BCUT2D eigenvalue weighted by Crippen LogP contribution is -2.04. The molecule has 1 aromatic heterocycles. The van der Waals surface area contributed by atoms with Gasteiger partial charge in [0.1, 0.15) is 12.4 Å². The number of nitrogens with zero attached hydrogens (tertiary/aromatic N) is 2. The van der Waals surface area contributed by atoms with Gasteiger partial charge in [0.25, 0.3) is 0 Å². The van der Waals surface area contributed by atoms with Gasteiger partial charge >= 0.3 is 0 Å². The van der Waals surface area contributed by atoms with Gasteiger partial charge in [-0.05, 0) is 60.5 Å². The maximum Gasteiger partial charge on any atom is 0.233 e. The van der Waals surface area contributed by atoms with Crippen LogP contribution in [0.15, 0.2) is 77.4 Å². The standard InChI is InChI=1S/C27H25BrCl2N2O2/c1-2-3-4-15-33-26-12-7-21(28)16-20(26)18-34-27-13-14-32(31-27)23-10-11-25(30)24(17-23)19-5-8-22(29)9-6-19/h5-14,16-17H,2-4,15,18H2,1H3. The first-order chi connectivity index (χ1) is 16.5. The van der Waals surface area contributed by atoms with Crippen molar-refractivity contribution in [1.29, 1.82) is 0 Å². The van der Waals surface area contributed by atoms with Gasteiger partial charge in [-0.15, -0.1) is 5.10 Å². The van der Waals surface area contributed by atoms with Crippen molar-refractivity contribution in [1.82, 2.24) is 9.78 Å². The van der Waals surface area contributed by atoms with Crippen molar-refractivity contribution >= 4 is 39.1 Å². The first kappa shape index (κ1) is 24.6. The Bertz CT molecular complexity index is 1240. The Morgan fingerprint density at radius 3 is 2.53 bits per heavy atom. The van der Waals surface area contributed by atoms with E-state index in [0.29, 0.717) is 29.1 Å². The fraction of sp³-hybridized carbons (Fsp3) is 0.222. The maximum atomic E-state index is 6.46. The number of benzene rings is 3. The lowest BCUT2D eigenvalue weighted by molar-refractivity contribution is 0.268. The molecule has 0 amide bonds. The molecule has 0 unspecified atom stereocenters. The van der Waals surface area contributed by atoms with Crippen molar-refractivity contribution in [3.05, 3.63) is 93.0 Å². The van der Waals surface area contributed by atoms with Crippen LogP contribution in [-0.2, 0) is 6.61 Å². The van der Waals surface area contributed by atoms with Crippen molar-refractivity contribution in [3.63, 3.8) is 0 Å². The summed E-state index contributed by atoms with van der Waals surface area (Å²) >= 11 is 16.0. The highest BCUT2D eigenvalue weighted by Gasteiger charge is 2.10. The first-order valence-electron chi connectivity index (χ1n) is 11.2. The van der Waals surface area contributed by atoms with E-state index in [4.69, 9.17) is 32.7 Å². The van der Waals surface area contributed by atoms with Gasteiger partial charge in [0.2, 0.25) is 5.88 Å². The summed E-state index contributed by atoms with van der Waals surface area (Å²) in [4.78, 5) is 0. The van der Waals surface area contributed by atoms with Crippen LogP contribution in [0.4, 0.5) is 0 Å². The summed E-state index contributed by atoms with van der Waals surface area (Å²) in [7, 11) is 0. The minimum absolute atomic E-state index is 0.357. The molecule has 0 bridgehead atoms. The zero-order chi connectivity index (χ0) is 23.9. The number of ether oxygens (including phenoxy) is 2. The molecule has 4 rings (SSSR count). The number of unbranched alkanes of at least 4 members (excludes halogenated alkanes) is 2. The Kier molecular flexibility index (Phi) is 8.54. The van der Waals surface area contributed by atoms with Gasteiger partial charge in [0, 0.05) is 37.9 Å². The number of hydrogen-bond donors (Lipinski definition) is 0. The van der Waals surface area contributed by atoms with Crippen LogP contribution < -0.4 is 9.47 Å². The molecule has 0 fully saturated rings. The van der Waals surface area contributed by atoms with E-state index in [1.165, 1.54) is 0 Å². The quantitative estimate of drug-likeness (QED) is 0.182. The summed E-state index contributed by atoms with van der Waals surface area (Å²) < 4.78 is 14.7. The van der Waals surface area contributed by atoms with E-state index in [2.05, 4.69) is 28.0 Å². The number of halogens is 3. The predicted molar refractivity (Wildman–Crippen MR) is 143 cm³/mol. The highest BCUT2D eigenvalue weighted by molar-refractivity contribution is 9.10. The van der Waals surface area contributed by atoms with Crippen LogP contribution in [0.3, 0.4) is 0 Å². The third-order valence-electron chi connectivity index (χ3n) is 5.34. The Morgan fingerprint density at radius 1 is 0.912 bits per heavy atom. The van der Waals surface area contributed by atoms with Crippen LogP contribution in [0.1, 0.15) is 31.7 Å². The van der Waals surface area contributed by atoms with Crippen LogP contribution in [-0.4, -0.2) is 16.4 Å². The fourth-order valence-corrected chi connectivity index (χ4v) is 4.28. The minimum Gasteiger partial charge on any atom is -0.493 e. The van der Waals surface area contributed by atoms with Crippen LogP contribution in [0.25, 0.3) is 16.8 Å². The molecule has 0 saturated heterocycles. The molecule has 1 heterocycles. The van der Waals surface area contributed by atoms with Crippen LogP contribution in [0.2, 0.25) is 10.0 Å². The molecule has 7 heteroatoms. The SMILES string of the molecule is CCCCCOc1ccc(Br)cc1COc1ccn(-c2ccc(Cl)c(-c3ccc(Cl)cc3)c2)n1. The van der Waals surface area contributed by atoms with Crippen molar-refractivity contribution in [2.24, 2.45) is 0 Å². The molecule has 0 N–H and O–H groups in total. The molecule has 0 spiro atoms. The second-order valence-electron chi connectivity index (χ2n) is 7.87. The van der Waals surface area contributed by atoms with Crippen molar-refractivity contribution < 1.29 is 9.47 Å². The summed E-state index contributed by atoms with van der Waals surface area (Å²) in [6.07, 6.45) is 5.23. The molecule has 0 aliphatic heterocycles. The number of hydrogen-bond acceptors (Lipinski definition) is 3. The van der Waals surface area contributed by atoms with Crippen LogP contribution >= 0.6 is 39.1 Å². The van der Waals surface area contributed by atoms with Crippen molar-refractivity contribution in [3.8, 4) is 28.4 Å². The van der Waals surface area contributed by atoms with Gasteiger partial charge < -0.3 is 9.47 Å². The second kappa shape index (κ2) is 11.8. The zero-order valence-corrected chi connectivity index (χ0v) is 21.9. The lowest BCUT2D eigenvalue weighted by atomic mass is 10.1. The average Bonchev–Trinajstić information content (AvgIpc) is 3.31. The van der Waals surface area contributed by atoms with Gasteiger partial charge in [-0.1, -0.05) is 71.0 Å². The topological polar surface area (TPSA) is 36.3 Å². The van der Waals surface area contributed by atoms with Gasteiger partial charge in [0.05, 0.1) is 12.3 Å². The highest BCUT2D eigenvalue weighted by atomic mass is 79.9. The summed E-state index contributed by atoms with van der Waals surface area (Å²) in [5.41, 5.74) is 3.75. The molecule has 4 aromatic rings. The van der Waals surface area contributed by atoms with E-state index in [1.54, 1.807) is 4.68 Å². The lowest BCUT2D eigenvalue weighted by Gasteiger charge is -2.12. The largest absolute Gasteiger partial charge is 0.493 e. The normalized spacial score (nSPS) is 10.9. The van der Waals surface area contributed by atoms with E-state index in [0.717, 1.165) is 51.9 Å². The molecule has 0 saturated carbocycles. The fourth-order valence-electron chi connectivity index (χ4n) is 3.52. The van der Waals surface area contributed by atoms with E-state index in [-0.39, 0.29) is 0 Å². The molecule has 0 atom stereocenters. The summed E-state index contributed by atoms with van der Waals surface area (Å²) in [6, 6.07) is 21.2. The van der Waals surface area contributed by atoms with E-state index in [1.807, 2.05) is 72.9 Å². The third kappa shape index (κ3) is 6.35. The molecule has 0 radical (unpaired) electrons. The Labute approximate surface area is 218 Å². The van der Waals surface area contributed by atoms with Crippen molar-refractivity contribution in [2.75, 3.05) is 6.61 Å². The second-order valence-corrected chi connectivity index (χ2v) is 9.63. The zero-order valence-electron chi connectivity index (χ0n) is 18.8. The van der Waals surface area contributed by atoms with Crippen molar-refractivity contribution in [2.45, 2.75) is 32.8 Å². The van der Waals surface area contributed by atoms with E-state index in [9.17, 15) is 0 Å². The van der Waals surface area contributed by atoms with Crippen LogP contribution in [0.5, 0.6) is 11.6 Å². The van der Waals surface area contributed by atoms with Gasteiger partial charge in [-0.3, -0.25) is 0 Å². The number of aromatic nitrogens is 2. The molecule has 176 valence electrons. The van der Waals surface area contributed by atoms with Crippen LogP contribution in [0, 0.1) is 0 Å².